The Morgan fingerprint density at radius 3 is 2.40 bits per heavy atom. The molecular weight excluding hydrogens is 318 g/mol. The lowest BCUT2D eigenvalue weighted by atomic mass is 9.96. The average molecular weight is 349 g/mol. The van der Waals surface area contributed by atoms with Crippen molar-refractivity contribution in [2.45, 2.75) is 59.5 Å². The van der Waals surface area contributed by atoms with Crippen LogP contribution in [0.15, 0.2) is 12.3 Å². The molecule has 140 valence electrons. The van der Waals surface area contributed by atoms with Crippen LogP contribution in [0.25, 0.3) is 0 Å². The van der Waals surface area contributed by atoms with Gasteiger partial charge in [0.15, 0.2) is 0 Å². The molecule has 7 heteroatoms. The van der Waals surface area contributed by atoms with E-state index in [0.717, 1.165) is 12.8 Å². The predicted octanol–water partition coefficient (Wildman–Crippen LogP) is 2.01. The topological polar surface area (TPSA) is 93.2 Å². The zero-order valence-electron chi connectivity index (χ0n) is 16.0. The summed E-state index contributed by atoms with van der Waals surface area (Å²) in [5.74, 6) is 0.832. The molecule has 0 spiro atoms. The van der Waals surface area contributed by atoms with Gasteiger partial charge in [0.25, 0.3) is 0 Å². The summed E-state index contributed by atoms with van der Waals surface area (Å²) < 4.78 is 1.87. The first-order valence-corrected chi connectivity index (χ1v) is 9.00. The van der Waals surface area contributed by atoms with Crippen LogP contribution >= 0.6 is 0 Å². The van der Waals surface area contributed by atoms with Gasteiger partial charge in [-0.3, -0.25) is 9.59 Å². The highest BCUT2D eigenvalue weighted by atomic mass is 16.2. The van der Waals surface area contributed by atoms with Crippen molar-refractivity contribution in [3.05, 3.63) is 12.3 Å². The SMILES string of the molecule is CC(C)[C@@H](N)C(=O)N1CCC(n2nccc2NC(=O)C(C)(C)C)CC1. The Labute approximate surface area is 149 Å². The molecule has 1 aliphatic rings. The number of hydrogen-bond acceptors (Lipinski definition) is 4. The molecule has 1 atom stereocenters. The summed E-state index contributed by atoms with van der Waals surface area (Å²) in [6.07, 6.45) is 3.30. The third kappa shape index (κ3) is 4.60. The molecule has 7 nitrogen and oxygen atoms in total. The molecule has 2 heterocycles. The van der Waals surface area contributed by atoms with Crippen molar-refractivity contribution in [1.82, 2.24) is 14.7 Å². The predicted molar refractivity (Wildman–Crippen MR) is 98.0 cm³/mol. The van der Waals surface area contributed by atoms with E-state index in [0.29, 0.717) is 18.9 Å². The molecule has 25 heavy (non-hydrogen) atoms. The summed E-state index contributed by atoms with van der Waals surface area (Å²) in [7, 11) is 0. The fraction of sp³-hybridized carbons (Fsp3) is 0.722. The van der Waals surface area contributed by atoms with Gasteiger partial charge in [-0.05, 0) is 18.8 Å². The minimum Gasteiger partial charge on any atom is -0.341 e. The highest BCUT2D eigenvalue weighted by molar-refractivity contribution is 5.93. The van der Waals surface area contributed by atoms with Gasteiger partial charge in [0.2, 0.25) is 11.8 Å². The number of hydrogen-bond donors (Lipinski definition) is 2. The molecule has 2 amide bonds. The smallest absolute Gasteiger partial charge is 0.239 e. The van der Waals surface area contributed by atoms with Crippen LogP contribution in [-0.4, -0.2) is 45.6 Å². The normalized spacial score (nSPS) is 17.6. The fourth-order valence-corrected chi connectivity index (χ4v) is 2.83. The molecule has 0 radical (unpaired) electrons. The van der Waals surface area contributed by atoms with Crippen LogP contribution in [0.1, 0.15) is 53.5 Å². The summed E-state index contributed by atoms with van der Waals surface area (Å²) >= 11 is 0. The maximum atomic E-state index is 12.4. The van der Waals surface area contributed by atoms with Crippen molar-refractivity contribution in [3.8, 4) is 0 Å². The van der Waals surface area contributed by atoms with Gasteiger partial charge in [-0.15, -0.1) is 0 Å². The van der Waals surface area contributed by atoms with Gasteiger partial charge in [-0.2, -0.15) is 5.10 Å². The Morgan fingerprint density at radius 2 is 1.88 bits per heavy atom. The number of carbonyl (C=O) groups is 2. The number of rotatable bonds is 4. The largest absolute Gasteiger partial charge is 0.341 e. The molecule has 1 fully saturated rings. The maximum Gasteiger partial charge on any atom is 0.239 e. The number of anilines is 1. The van der Waals surface area contributed by atoms with Crippen molar-refractivity contribution in [2.24, 2.45) is 17.1 Å². The maximum absolute atomic E-state index is 12.4. The summed E-state index contributed by atoms with van der Waals surface area (Å²) in [5.41, 5.74) is 5.52. The molecule has 0 bridgehead atoms. The number of piperidine rings is 1. The van der Waals surface area contributed by atoms with Crippen LogP contribution in [0.3, 0.4) is 0 Å². The average Bonchev–Trinajstić information content (AvgIpc) is 3.00. The number of nitrogens with two attached hydrogens (primary N) is 1. The van der Waals surface area contributed by atoms with Gasteiger partial charge in [0, 0.05) is 24.6 Å². The first-order chi connectivity index (χ1) is 11.6. The zero-order chi connectivity index (χ0) is 18.8. The van der Waals surface area contributed by atoms with Crippen molar-refractivity contribution in [1.29, 1.82) is 0 Å². The van der Waals surface area contributed by atoms with E-state index < -0.39 is 11.5 Å². The minimum absolute atomic E-state index is 0.0233. The molecule has 1 aromatic rings. The molecular formula is C18H31N5O2. The fourth-order valence-electron chi connectivity index (χ4n) is 2.83. The number of likely N-dealkylation sites (tertiary alicyclic amines) is 1. The van der Waals surface area contributed by atoms with Crippen molar-refractivity contribution in [3.63, 3.8) is 0 Å². The summed E-state index contributed by atoms with van der Waals surface area (Å²) in [6.45, 7) is 10.9. The highest BCUT2D eigenvalue weighted by Crippen LogP contribution is 2.27. The quantitative estimate of drug-likeness (QED) is 0.869. The Bertz CT molecular complexity index is 609. The van der Waals surface area contributed by atoms with E-state index in [1.54, 1.807) is 6.20 Å². The molecule has 1 saturated heterocycles. The van der Waals surface area contributed by atoms with E-state index in [-0.39, 0.29) is 23.8 Å². The van der Waals surface area contributed by atoms with Gasteiger partial charge in [0.1, 0.15) is 5.82 Å². The second-order valence-corrected chi connectivity index (χ2v) is 8.19. The molecule has 0 aromatic carbocycles. The molecule has 3 N–H and O–H groups in total. The Balaban J connectivity index is 1.99. The molecule has 1 aliphatic heterocycles. The molecule has 2 rings (SSSR count). The van der Waals surface area contributed by atoms with Crippen molar-refractivity contribution >= 4 is 17.6 Å². The van der Waals surface area contributed by atoms with Crippen molar-refractivity contribution < 1.29 is 9.59 Å². The Morgan fingerprint density at radius 1 is 1.28 bits per heavy atom. The van der Waals surface area contributed by atoms with Crippen LogP contribution in [0.2, 0.25) is 0 Å². The standard InChI is InChI=1S/C18H31N5O2/c1-12(2)15(19)16(24)22-10-7-13(8-11-22)23-14(6-9-20-23)21-17(25)18(3,4)5/h6,9,12-13,15H,7-8,10-11,19H2,1-5H3,(H,21,25)/t15-/m1/s1. The van der Waals surface area contributed by atoms with E-state index in [4.69, 9.17) is 5.73 Å². The van der Waals surface area contributed by atoms with E-state index in [1.807, 2.05) is 50.3 Å². The number of carbonyl (C=O) groups excluding carboxylic acids is 2. The van der Waals surface area contributed by atoms with Crippen LogP contribution in [0, 0.1) is 11.3 Å². The number of nitrogens with zero attached hydrogens (tertiary/aromatic N) is 3. The number of aromatic nitrogens is 2. The number of amides is 2. The lowest BCUT2D eigenvalue weighted by Gasteiger charge is -2.34. The van der Waals surface area contributed by atoms with E-state index in [9.17, 15) is 9.59 Å². The van der Waals surface area contributed by atoms with Gasteiger partial charge in [-0.1, -0.05) is 34.6 Å². The second kappa shape index (κ2) is 7.56. The third-order valence-electron chi connectivity index (χ3n) is 4.72. The van der Waals surface area contributed by atoms with Gasteiger partial charge >= 0.3 is 0 Å². The lowest BCUT2D eigenvalue weighted by molar-refractivity contribution is -0.134. The monoisotopic (exact) mass is 349 g/mol. The van der Waals surface area contributed by atoms with E-state index in [1.165, 1.54) is 0 Å². The second-order valence-electron chi connectivity index (χ2n) is 8.19. The first-order valence-electron chi connectivity index (χ1n) is 9.00. The molecule has 0 saturated carbocycles. The van der Waals surface area contributed by atoms with Crippen LogP contribution in [0.4, 0.5) is 5.82 Å². The Hall–Kier alpha value is -1.89. The highest BCUT2D eigenvalue weighted by Gasteiger charge is 2.30. The van der Waals surface area contributed by atoms with Crippen LogP contribution in [0.5, 0.6) is 0 Å². The molecule has 1 aromatic heterocycles. The molecule has 0 aliphatic carbocycles. The molecule has 0 unspecified atom stereocenters. The first kappa shape index (κ1) is 19.4. The third-order valence-corrected chi connectivity index (χ3v) is 4.72. The summed E-state index contributed by atoms with van der Waals surface area (Å²) in [6, 6.07) is 1.54. The van der Waals surface area contributed by atoms with E-state index >= 15 is 0 Å². The summed E-state index contributed by atoms with van der Waals surface area (Å²) in [4.78, 5) is 26.5. The Kier molecular flexibility index (Phi) is 5.87. The zero-order valence-corrected chi connectivity index (χ0v) is 16.0. The van der Waals surface area contributed by atoms with E-state index in [2.05, 4.69) is 10.4 Å². The van der Waals surface area contributed by atoms with Crippen LogP contribution in [-0.2, 0) is 9.59 Å². The summed E-state index contributed by atoms with van der Waals surface area (Å²) in [5, 5.41) is 7.34. The van der Waals surface area contributed by atoms with Gasteiger partial charge in [-0.25, -0.2) is 4.68 Å². The lowest BCUT2D eigenvalue weighted by Crippen LogP contribution is -2.49. The minimum atomic E-state index is -0.460. The van der Waals surface area contributed by atoms with Crippen molar-refractivity contribution in [2.75, 3.05) is 18.4 Å². The number of nitrogens with one attached hydrogen (secondary N) is 1. The van der Waals surface area contributed by atoms with Crippen LogP contribution < -0.4 is 11.1 Å². The van der Waals surface area contributed by atoms with Gasteiger partial charge in [0.05, 0.1) is 18.3 Å². The van der Waals surface area contributed by atoms with Gasteiger partial charge < -0.3 is 16.0 Å².